The Morgan fingerprint density at radius 1 is 0.561 bits per heavy atom. The third kappa shape index (κ3) is 26.6. The highest BCUT2D eigenvalue weighted by atomic mass is 16.4. The zero-order valence-electron chi connectivity index (χ0n) is 79.2. The number of para-hydroxylation sites is 1. The van der Waals surface area contributed by atoms with Gasteiger partial charge in [0.05, 0.1) is 73.1 Å². The van der Waals surface area contributed by atoms with E-state index in [4.69, 9.17) is 15.0 Å². The Morgan fingerprint density at radius 2 is 1.14 bits per heavy atom. The molecular formula is C99H119N20O20+. The number of carboxylic acid groups (broad SMARTS) is 4. The number of unbranched alkanes of at least 4 members (excludes halogenated alkanes) is 1. The second-order valence-corrected chi connectivity index (χ2v) is 34.8. The van der Waals surface area contributed by atoms with Crippen molar-refractivity contribution in [2.45, 2.75) is 194 Å². The maximum atomic E-state index is 14.1. The fourth-order valence-corrected chi connectivity index (χ4v) is 17.2. The van der Waals surface area contributed by atoms with E-state index in [9.17, 15) is 97.5 Å². The maximum absolute atomic E-state index is 14.1. The number of azo groups is 1. The number of aromatic nitrogens is 6. The summed E-state index contributed by atoms with van der Waals surface area (Å²) in [7, 11) is 1.90. The van der Waals surface area contributed by atoms with E-state index in [0.29, 0.717) is 70.7 Å². The molecule has 4 aromatic carbocycles. The number of hydrogen-bond acceptors (Lipinski definition) is 23. The molecule has 40 heteroatoms. The van der Waals surface area contributed by atoms with E-state index in [2.05, 4.69) is 141 Å². The van der Waals surface area contributed by atoms with E-state index in [1.807, 2.05) is 119 Å². The summed E-state index contributed by atoms with van der Waals surface area (Å²) in [5, 5.41) is 81.5. The quantitative estimate of drug-likeness (QED) is 0.00756. The number of Topliss-reactive ketones (excluding diaryl/α,β-unsaturated/α-hetero) is 1. The second kappa shape index (κ2) is 47.8. The first kappa shape index (κ1) is 104. The number of aryl methyl sites for hydroxylation is 2. The molecule has 8 aromatic rings. The minimum absolute atomic E-state index is 0.0419. The SMILES string of the molecule is C=Cc1c(C)c2cc3nc(c4c5[nH]c(cc6nc(cc1[nH]2)C(C)=C6CC)c(C)c5C(=O)C4)[C@@H](CCC(=O)NCC(=O)N[C@@H](CC(=O)O)C(=O)N[C@@H](CCC(=O)O)C(=O)N[C@H](C(=O)N[C@@H](CC(=O)O)C(=O)NCC(=O)N[C@@H](CO)C(=O)NCC(=O)N[C@@H](CCCCNC(=O)CCCN(C)c1ccc(N=Nc2ccc4nc5ccc(N(CC)CC)cc5[n+](-c5ccccc5)c4c2)cc1)C(=O)O)C(C)C)[C@@H]3C. The molecule has 8 atom stereocenters. The van der Waals surface area contributed by atoms with Gasteiger partial charge in [0.15, 0.2) is 5.78 Å². The number of H-pyrrole nitrogens is 2. The largest absolute Gasteiger partial charge is 0.481 e. The van der Waals surface area contributed by atoms with Crippen LogP contribution in [0.2, 0.25) is 0 Å². The highest BCUT2D eigenvalue weighted by Crippen LogP contribution is 2.45. The molecule has 139 heavy (non-hydrogen) atoms. The Labute approximate surface area is 800 Å². The van der Waals surface area contributed by atoms with Crippen LogP contribution in [0.5, 0.6) is 0 Å². The van der Waals surface area contributed by atoms with Crippen molar-refractivity contribution < 1.29 is 102 Å². The van der Waals surface area contributed by atoms with Crippen LogP contribution in [0.4, 0.5) is 22.7 Å². The molecule has 1 aliphatic carbocycles. The first-order chi connectivity index (χ1) is 66.4. The number of fused-ring (bicyclic) bond motifs is 10. The van der Waals surface area contributed by atoms with Crippen LogP contribution in [0.3, 0.4) is 0 Å². The van der Waals surface area contributed by atoms with Crippen molar-refractivity contribution >= 4 is 173 Å². The van der Waals surface area contributed by atoms with Gasteiger partial charge in [-0.05, 0) is 174 Å². The molecule has 10 amide bonds. The molecule has 0 saturated carbocycles. The van der Waals surface area contributed by atoms with Crippen molar-refractivity contribution in [1.29, 1.82) is 0 Å². The topological polar surface area (TPSA) is 583 Å². The van der Waals surface area contributed by atoms with Crippen LogP contribution in [0, 0.1) is 19.8 Å². The number of rotatable bonds is 48. The summed E-state index contributed by atoms with van der Waals surface area (Å²) in [6.07, 6.45) is 0.0184. The van der Waals surface area contributed by atoms with E-state index in [0.717, 1.165) is 102 Å². The lowest BCUT2D eigenvalue weighted by Gasteiger charge is -2.27. The number of aliphatic hydroxyl groups is 1. The number of aliphatic hydroxyl groups excluding tert-OH is 1. The average molecular weight is 1910 g/mol. The van der Waals surface area contributed by atoms with Crippen LogP contribution in [0.1, 0.15) is 193 Å². The monoisotopic (exact) mass is 1910 g/mol. The van der Waals surface area contributed by atoms with Crippen molar-refractivity contribution in [1.82, 2.24) is 78.1 Å². The molecule has 0 saturated heterocycles. The van der Waals surface area contributed by atoms with Gasteiger partial charge in [0, 0.05) is 145 Å². The number of aliphatic carboxylic acids is 4. The van der Waals surface area contributed by atoms with Crippen LogP contribution in [0.15, 0.2) is 126 Å². The number of amides is 10. The molecule has 0 radical (unpaired) electrons. The van der Waals surface area contributed by atoms with Gasteiger partial charge < -0.3 is 98.5 Å². The third-order valence-corrected chi connectivity index (χ3v) is 24.9. The molecule has 4 aromatic heterocycles. The number of carbonyl (C=O) groups is 15. The van der Waals surface area contributed by atoms with E-state index >= 15 is 0 Å². The van der Waals surface area contributed by atoms with Crippen molar-refractivity contribution in [3.05, 3.63) is 166 Å². The third-order valence-electron chi connectivity index (χ3n) is 24.9. The fourth-order valence-electron chi connectivity index (χ4n) is 17.2. The summed E-state index contributed by atoms with van der Waals surface area (Å²) < 4.78 is 2.20. The predicted molar refractivity (Wildman–Crippen MR) is 518 cm³/mol. The molecule has 734 valence electrons. The summed E-state index contributed by atoms with van der Waals surface area (Å²) in [5.74, 6) is -18.2. The van der Waals surface area contributed by atoms with Gasteiger partial charge >= 0.3 is 23.9 Å². The summed E-state index contributed by atoms with van der Waals surface area (Å²) in [4.78, 5) is 224. The molecule has 3 aliphatic rings. The minimum atomic E-state index is -1.99. The lowest BCUT2D eigenvalue weighted by molar-refractivity contribution is -0.538. The number of nitrogens with one attached hydrogen (secondary N) is 12. The average Bonchev–Trinajstić information content (AvgIpc) is 1.53. The number of anilines is 2. The number of carbonyl (C=O) groups excluding carboxylic acids is 11. The van der Waals surface area contributed by atoms with Crippen LogP contribution in [-0.2, 0) is 73.5 Å². The normalized spacial score (nSPS) is 14.5. The molecule has 6 heterocycles. The van der Waals surface area contributed by atoms with Crippen LogP contribution >= 0.6 is 0 Å². The molecule has 0 fully saturated rings. The van der Waals surface area contributed by atoms with Gasteiger partial charge in [-0.2, -0.15) is 10.2 Å². The van der Waals surface area contributed by atoms with Crippen molar-refractivity contribution in [2.24, 2.45) is 16.1 Å². The van der Waals surface area contributed by atoms with Gasteiger partial charge in [-0.1, -0.05) is 58.5 Å². The molecule has 40 nitrogen and oxygen atoms in total. The fraction of sp³-hybridized carbons (Fsp3) is 0.404. The first-order valence-electron chi connectivity index (χ1n) is 46.2. The Kier molecular flexibility index (Phi) is 35.8. The number of hydrogen-bond donors (Lipinski definition) is 17. The number of carboxylic acids is 4. The number of nitrogens with zero attached hydrogens (tertiary/aromatic N) is 8. The van der Waals surface area contributed by atoms with Gasteiger partial charge in [0.1, 0.15) is 47.3 Å². The first-order valence-corrected chi connectivity index (χ1v) is 46.2. The molecule has 17 N–H and O–H groups in total. The number of allylic oxidation sites excluding steroid dienone is 2. The van der Waals surface area contributed by atoms with E-state index in [1.165, 1.54) is 13.8 Å². The molecule has 11 rings (SSSR count). The van der Waals surface area contributed by atoms with E-state index in [1.54, 1.807) is 6.08 Å². The molecule has 0 unspecified atom stereocenters. The molecule has 2 aliphatic heterocycles. The standard InChI is InChI=1S/C99H118N20O20/c1-12-62-53(7)70-43-72-55(9)64(92(110-72)65-42-81(121)90-56(10)73(111-93(65)90)45-75-63(13-2)54(8)71(106-75)44-74(62)105-70)32-36-83(123)101-48-84(124)108-77(47-89(131)132)97(136)112-68(35-37-87(127)128)96(135)114-91(52(5)6)98(137)113-76(46-88(129)130)94(133)102-50-86(126)109-78(51-120)95(134)103-49-85(125)107-69(99(138)139)24-19-20-38-100-82(122)25-21-39-117(11)59-29-26-57(27-30-59)115-116-58-28-33-66-79(40-58)119(60-22-17-16-18-23-60)80-41-61(118(14-3)15-4)31-34-67(80)104-66/h12,16-18,22-23,26-31,33-34,40-41,43-45,52,55,64,68-69,76-78,91,120H,1,13-15,19-21,24-25,32,35-39,42,46-51H2,2-11H3,(H15,100,101,102,103,104,107,108,109,112,113,114,115,122,123,124,125,126,127,128,129,130,131,132,133,134,135,136,137,138,139)/p+1/t55-,64-,68-,69-,76-,77-,78-,91-/m0/s1. The molecule has 8 bridgehead atoms. The molecular weight excluding hydrogens is 1790 g/mol. The van der Waals surface area contributed by atoms with Gasteiger partial charge in [-0.15, -0.1) is 4.57 Å². The summed E-state index contributed by atoms with van der Waals surface area (Å²) in [5.41, 5.74) is 19.2. The molecule has 0 spiro atoms. The zero-order chi connectivity index (χ0) is 101. The van der Waals surface area contributed by atoms with Gasteiger partial charge in [0.2, 0.25) is 75.8 Å². The Hall–Kier alpha value is -15.5. The second-order valence-electron chi connectivity index (χ2n) is 34.8. The van der Waals surface area contributed by atoms with Crippen LogP contribution in [0.25, 0.3) is 67.0 Å². The van der Waals surface area contributed by atoms with Crippen molar-refractivity contribution in [3.63, 3.8) is 0 Å². The number of benzene rings is 4. The Morgan fingerprint density at radius 3 is 1.78 bits per heavy atom. The van der Waals surface area contributed by atoms with Crippen molar-refractivity contribution in [2.75, 3.05) is 69.3 Å². The van der Waals surface area contributed by atoms with E-state index < -0.39 is 177 Å². The lowest BCUT2D eigenvalue weighted by Crippen LogP contribution is -2.60. The summed E-state index contributed by atoms with van der Waals surface area (Å²) >= 11 is 0. The highest BCUT2D eigenvalue weighted by molar-refractivity contribution is 6.13. The minimum Gasteiger partial charge on any atom is -0.481 e. The summed E-state index contributed by atoms with van der Waals surface area (Å²) in [6.45, 7) is 19.8. The van der Waals surface area contributed by atoms with Gasteiger partial charge in [-0.3, -0.25) is 72.1 Å². The highest BCUT2D eigenvalue weighted by Gasteiger charge is 2.39. The Balaban J connectivity index is 0.600. The zero-order valence-corrected chi connectivity index (χ0v) is 79.2. The summed E-state index contributed by atoms with van der Waals surface area (Å²) in [6, 6.07) is 24.9. The number of aromatic amines is 2. The Bertz CT molecular complexity index is 6320. The van der Waals surface area contributed by atoms with Gasteiger partial charge in [0.25, 0.3) is 0 Å². The van der Waals surface area contributed by atoms with Crippen LogP contribution < -0.4 is 67.5 Å². The van der Waals surface area contributed by atoms with Gasteiger partial charge in [-0.25, -0.2) is 14.8 Å². The van der Waals surface area contributed by atoms with Crippen molar-refractivity contribution in [3.8, 4) is 5.69 Å². The number of ketones is 1. The smallest absolute Gasteiger partial charge is 0.326 e. The maximum Gasteiger partial charge on any atom is 0.326 e. The van der Waals surface area contributed by atoms with E-state index in [-0.39, 0.29) is 62.7 Å². The predicted octanol–water partition coefficient (Wildman–Crippen LogP) is 7.57. The van der Waals surface area contributed by atoms with Crippen LogP contribution in [-0.4, -0.2) is 235 Å². The lowest BCUT2D eigenvalue weighted by atomic mass is 9.85.